The van der Waals surface area contributed by atoms with Crippen molar-refractivity contribution in [3.8, 4) is 0 Å². The maximum atomic E-state index is 13.0. The Morgan fingerprint density at radius 2 is 1.68 bits per heavy atom. The lowest BCUT2D eigenvalue weighted by atomic mass is 9.90. The third-order valence-electron chi connectivity index (χ3n) is 5.67. The Balaban J connectivity index is 1.63. The van der Waals surface area contributed by atoms with Crippen molar-refractivity contribution < 1.29 is 14.4 Å². The molecule has 0 aliphatic carbocycles. The molecule has 0 unspecified atom stereocenters. The minimum atomic E-state index is -1.19. The molecule has 0 saturated carbocycles. The van der Waals surface area contributed by atoms with E-state index in [0.717, 1.165) is 21.7 Å². The van der Waals surface area contributed by atoms with Crippen molar-refractivity contribution in [1.82, 2.24) is 15.5 Å². The lowest BCUT2D eigenvalue weighted by Gasteiger charge is -2.22. The second-order valence-electron chi connectivity index (χ2n) is 8.56. The van der Waals surface area contributed by atoms with Gasteiger partial charge in [0.25, 0.3) is 5.91 Å². The minimum absolute atomic E-state index is 0.319. The van der Waals surface area contributed by atoms with Gasteiger partial charge < -0.3 is 15.5 Å². The van der Waals surface area contributed by atoms with Crippen LogP contribution in [0, 0.1) is 0 Å². The van der Waals surface area contributed by atoms with Gasteiger partial charge in [-0.1, -0.05) is 50.2 Å². The zero-order chi connectivity index (χ0) is 22.8. The SMILES string of the molecule is CC(C)c1ccc([C@]2(C)NC(=O)N(CC(=O)NCc3ccc(N(C)C)cc3)C2=O)cc1. The minimum Gasteiger partial charge on any atom is -0.378 e. The number of imide groups is 1. The van der Waals surface area contributed by atoms with Gasteiger partial charge in [-0.3, -0.25) is 14.5 Å². The predicted molar refractivity (Wildman–Crippen MR) is 121 cm³/mol. The van der Waals surface area contributed by atoms with E-state index in [1.807, 2.05) is 67.5 Å². The number of hydrogen-bond acceptors (Lipinski definition) is 4. The molecule has 7 heteroatoms. The van der Waals surface area contributed by atoms with Crippen LogP contribution in [-0.2, 0) is 21.7 Å². The van der Waals surface area contributed by atoms with Gasteiger partial charge in [0, 0.05) is 26.3 Å². The van der Waals surface area contributed by atoms with E-state index in [0.29, 0.717) is 18.0 Å². The summed E-state index contributed by atoms with van der Waals surface area (Å²) < 4.78 is 0. The van der Waals surface area contributed by atoms with Crippen molar-refractivity contribution in [3.63, 3.8) is 0 Å². The van der Waals surface area contributed by atoms with Crippen LogP contribution in [0.15, 0.2) is 48.5 Å². The molecule has 0 radical (unpaired) electrons. The van der Waals surface area contributed by atoms with Gasteiger partial charge in [0.2, 0.25) is 5.91 Å². The fraction of sp³-hybridized carbons (Fsp3) is 0.375. The molecule has 4 amide bonds. The number of amides is 4. The molecule has 164 valence electrons. The Hall–Kier alpha value is -3.35. The molecular formula is C24H30N4O3. The van der Waals surface area contributed by atoms with Gasteiger partial charge in [-0.15, -0.1) is 0 Å². The summed E-state index contributed by atoms with van der Waals surface area (Å²) in [6, 6.07) is 14.9. The Morgan fingerprint density at radius 3 is 2.23 bits per heavy atom. The van der Waals surface area contributed by atoms with E-state index < -0.39 is 17.5 Å². The lowest BCUT2D eigenvalue weighted by Crippen LogP contribution is -2.43. The van der Waals surface area contributed by atoms with Crippen molar-refractivity contribution in [3.05, 3.63) is 65.2 Å². The molecule has 2 N–H and O–H groups in total. The van der Waals surface area contributed by atoms with Crippen molar-refractivity contribution >= 4 is 23.5 Å². The molecule has 0 bridgehead atoms. The van der Waals surface area contributed by atoms with Crippen LogP contribution in [-0.4, -0.2) is 43.4 Å². The number of hydrogen-bond donors (Lipinski definition) is 2. The summed E-state index contributed by atoms with van der Waals surface area (Å²) in [6.07, 6.45) is 0. The normalized spacial score (nSPS) is 18.3. The second-order valence-corrected chi connectivity index (χ2v) is 8.56. The van der Waals surface area contributed by atoms with E-state index in [4.69, 9.17) is 0 Å². The van der Waals surface area contributed by atoms with E-state index in [1.165, 1.54) is 0 Å². The first-order valence-corrected chi connectivity index (χ1v) is 10.4. The number of carbonyl (C=O) groups excluding carboxylic acids is 3. The monoisotopic (exact) mass is 422 g/mol. The number of urea groups is 1. The van der Waals surface area contributed by atoms with E-state index in [2.05, 4.69) is 24.5 Å². The highest BCUT2D eigenvalue weighted by atomic mass is 16.2. The Labute approximate surface area is 183 Å². The molecule has 1 fully saturated rings. The molecule has 2 aromatic carbocycles. The summed E-state index contributed by atoms with van der Waals surface area (Å²) in [5.41, 5.74) is 2.66. The van der Waals surface area contributed by atoms with Crippen molar-refractivity contribution in [2.24, 2.45) is 0 Å². The Kier molecular flexibility index (Phi) is 6.34. The molecular weight excluding hydrogens is 392 g/mol. The largest absolute Gasteiger partial charge is 0.378 e. The van der Waals surface area contributed by atoms with E-state index in [1.54, 1.807) is 6.92 Å². The zero-order valence-corrected chi connectivity index (χ0v) is 18.7. The number of rotatable bonds is 7. The summed E-state index contributed by atoms with van der Waals surface area (Å²) in [6.45, 7) is 5.86. The number of carbonyl (C=O) groups is 3. The highest BCUT2D eigenvalue weighted by Crippen LogP contribution is 2.29. The van der Waals surface area contributed by atoms with Crippen LogP contribution in [0.4, 0.5) is 10.5 Å². The molecule has 1 aliphatic heterocycles. The molecule has 1 saturated heterocycles. The molecule has 1 atom stereocenters. The molecule has 1 heterocycles. The van der Waals surface area contributed by atoms with Crippen LogP contribution in [0.1, 0.15) is 43.4 Å². The van der Waals surface area contributed by atoms with Gasteiger partial charge in [-0.2, -0.15) is 0 Å². The van der Waals surface area contributed by atoms with Gasteiger partial charge >= 0.3 is 6.03 Å². The molecule has 0 aromatic heterocycles. The zero-order valence-electron chi connectivity index (χ0n) is 18.7. The summed E-state index contributed by atoms with van der Waals surface area (Å²) in [5.74, 6) is -0.449. The summed E-state index contributed by atoms with van der Waals surface area (Å²) >= 11 is 0. The number of anilines is 1. The van der Waals surface area contributed by atoms with Crippen LogP contribution in [0.2, 0.25) is 0 Å². The fourth-order valence-electron chi connectivity index (χ4n) is 3.55. The van der Waals surface area contributed by atoms with E-state index >= 15 is 0 Å². The van der Waals surface area contributed by atoms with Gasteiger partial charge in [-0.25, -0.2) is 4.79 Å². The van der Waals surface area contributed by atoms with Gasteiger partial charge in [0.1, 0.15) is 12.1 Å². The topological polar surface area (TPSA) is 81.8 Å². The molecule has 0 spiro atoms. The average molecular weight is 423 g/mol. The Bertz CT molecular complexity index is 967. The first kappa shape index (κ1) is 22.3. The van der Waals surface area contributed by atoms with Crippen molar-refractivity contribution in [2.75, 3.05) is 25.5 Å². The third kappa shape index (κ3) is 4.71. The van der Waals surface area contributed by atoms with Crippen LogP contribution in [0.25, 0.3) is 0 Å². The third-order valence-corrected chi connectivity index (χ3v) is 5.67. The highest BCUT2D eigenvalue weighted by molar-refractivity contribution is 6.09. The lowest BCUT2D eigenvalue weighted by molar-refractivity contribution is -0.134. The predicted octanol–water partition coefficient (Wildman–Crippen LogP) is 2.96. The molecule has 1 aliphatic rings. The summed E-state index contributed by atoms with van der Waals surface area (Å²) in [7, 11) is 3.92. The molecule has 31 heavy (non-hydrogen) atoms. The van der Waals surface area contributed by atoms with Gasteiger partial charge in [0.15, 0.2) is 0 Å². The van der Waals surface area contributed by atoms with Crippen molar-refractivity contribution in [2.45, 2.75) is 38.8 Å². The van der Waals surface area contributed by atoms with Crippen LogP contribution in [0.5, 0.6) is 0 Å². The molecule has 2 aromatic rings. The first-order chi connectivity index (χ1) is 14.6. The van der Waals surface area contributed by atoms with Crippen LogP contribution >= 0.6 is 0 Å². The Morgan fingerprint density at radius 1 is 1.06 bits per heavy atom. The molecule has 7 nitrogen and oxygen atoms in total. The average Bonchev–Trinajstić information content (AvgIpc) is 2.96. The van der Waals surface area contributed by atoms with Crippen LogP contribution < -0.4 is 15.5 Å². The smallest absolute Gasteiger partial charge is 0.325 e. The first-order valence-electron chi connectivity index (χ1n) is 10.4. The number of nitrogens with zero attached hydrogens (tertiary/aromatic N) is 2. The second kappa shape index (κ2) is 8.79. The van der Waals surface area contributed by atoms with E-state index in [9.17, 15) is 14.4 Å². The fourth-order valence-corrected chi connectivity index (χ4v) is 3.55. The van der Waals surface area contributed by atoms with Gasteiger partial charge in [0.05, 0.1) is 0 Å². The van der Waals surface area contributed by atoms with Gasteiger partial charge in [-0.05, 0) is 41.7 Å². The maximum absolute atomic E-state index is 13.0. The molecule has 3 rings (SSSR count). The summed E-state index contributed by atoms with van der Waals surface area (Å²) in [5, 5.41) is 5.52. The highest BCUT2D eigenvalue weighted by Gasteiger charge is 2.49. The number of benzene rings is 2. The standard InChI is InChI=1S/C24H30N4O3/c1-16(2)18-8-10-19(11-9-18)24(3)22(30)28(23(31)26-24)15-21(29)25-14-17-6-12-20(13-7-17)27(4)5/h6-13,16H,14-15H2,1-5H3,(H,25,29)(H,26,31)/t24-/m0/s1. The quantitative estimate of drug-likeness (QED) is 0.672. The number of nitrogens with one attached hydrogen (secondary N) is 2. The summed E-state index contributed by atoms with van der Waals surface area (Å²) in [4.78, 5) is 40.9. The van der Waals surface area contributed by atoms with E-state index in [-0.39, 0.29) is 12.5 Å². The van der Waals surface area contributed by atoms with Crippen molar-refractivity contribution in [1.29, 1.82) is 0 Å². The van der Waals surface area contributed by atoms with Crippen LogP contribution in [0.3, 0.4) is 0 Å². The maximum Gasteiger partial charge on any atom is 0.325 e.